The summed E-state index contributed by atoms with van der Waals surface area (Å²) >= 11 is 0. The lowest BCUT2D eigenvalue weighted by Crippen LogP contribution is -2.22. The minimum Gasteiger partial charge on any atom is -0.494 e. The van der Waals surface area contributed by atoms with E-state index in [1.807, 2.05) is 20.8 Å². The lowest BCUT2D eigenvalue weighted by atomic mass is 10.1. The molecule has 2 aromatic rings. The molecule has 0 unspecified atom stereocenters. The van der Waals surface area contributed by atoms with E-state index in [2.05, 4.69) is 10.4 Å². The molecule has 0 bridgehead atoms. The van der Waals surface area contributed by atoms with E-state index in [0.717, 1.165) is 0 Å². The summed E-state index contributed by atoms with van der Waals surface area (Å²) in [5, 5.41) is 15.6. The summed E-state index contributed by atoms with van der Waals surface area (Å²) in [5.74, 6) is -0.439. The smallest absolute Gasteiger partial charge is 0.303 e. The van der Waals surface area contributed by atoms with Gasteiger partial charge in [-0.05, 0) is 51.5 Å². The molecule has 0 aliphatic heterocycles. The summed E-state index contributed by atoms with van der Waals surface area (Å²) in [6.07, 6.45) is 3.79. The summed E-state index contributed by atoms with van der Waals surface area (Å²) in [4.78, 5) is 22.7. The maximum atomic E-state index is 12.3. The van der Waals surface area contributed by atoms with Crippen LogP contribution in [0.25, 0.3) is 0 Å². The van der Waals surface area contributed by atoms with Crippen LogP contribution in [0.3, 0.4) is 0 Å². The number of amides is 1. The van der Waals surface area contributed by atoms with Crippen molar-refractivity contribution in [2.24, 2.45) is 0 Å². The van der Waals surface area contributed by atoms with Crippen LogP contribution in [0.4, 0.5) is 5.69 Å². The topological polar surface area (TPSA) is 93.5 Å². The van der Waals surface area contributed by atoms with E-state index in [1.54, 1.807) is 41.3 Å². The largest absolute Gasteiger partial charge is 0.494 e. The standard InChI is InChI=1S/C18H23N3O4/c1-18(2,3)21-12-13(11-19-21)17(24)20-14-6-8-15(9-7-14)25-10-4-5-16(22)23/h6-9,11-12H,4-5,10H2,1-3H3,(H,20,24)(H,22,23). The minimum absolute atomic E-state index is 0.0798. The van der Waals surface area contributed by atoms with Crippen LogP contribution < -0.4 is 10.1 Å². The Morgan fingerprint density at radius 1 is 1.24 bits per heavy atom. The zero-order chi connectivity index (χ0) is 18.4. The minimum atomic E-state index is -0.837. The van der Waals surface area contributed by atoms with Crippen molar-refractivity contribution in [2.75, 3.05) is 11.9 Å². The van der Waals surface area contributed by atoms with Gasteiger partial charge in [-0.1, -0.05) is 0 Å². The molecule has 0 aliphatic carbocycles. The predicted molar refractivity (Wildman–Crippen MR) is 94.0 cm³/mol. The Morgan fingerprint density at radius 3 is 2.48 bits per heavy atom. The number of aromatic nitrogens is 2. The Morgan fingerprint density at radius 2 is 1.92 bits per heavy atom. The fourth-order valence-electron chi connectivity index (χ4n) is 2.06. The van der Waals surface area contributed by atoms with Crippen LogP contribution in [0.5, 0.6) is 5.75 Å². The average molecular weight is 345 g/mol. The summed E-state index contributed by atoms with van der Waals surface area (Å²) < 4.78 is 7.20. The van der Waals surface area contributed by atoms with E-state index in [1.165, 1.54) is 0 Å². The normalized spacial score (nSPS) is 11.2. The van der Waals surface area contributed by atoms with Gasteiger partial charge in [-0.25, -0.2) is 0 Å². The zero-order valence-corrected chi connectivity index (χ0v) is 14.7. The van der Waals surface area contributed by atoms with E-state index in [9.17, 15) is 9.59 Å². The monoisotopic (exact) mass is 345 g/mol. The highest BCUT2D eigenvalue weighted by Crippen LogP contribution is 2.18. The summed E-state index contributed by atoms with van der Waals surface area (Å²) in [5.41, 5.74) is 0.952. The molecule has 1 aromatic carbocycles. The van der Waals surface area contributed by atoms with Crippen molar-refractivity contribution < 1.29 is 19.4 Å². The molecule has 0 fully saturated rings. The number of carbonyl (C=O) groups excluding carboxylic acids is 1. The molecule has 7 heteroatoms. The van der Waals surface area contributed by atoms with Gasteiger partial charge in [0.25, 0.3) is 5.91 Å². The van der Waals surface area contributed by atoms with Gasteiger partial charge in [-0.3, -0.25) is 14.3 Å². The van der Waals surface area contributed by atoms with Crippen LogP contribution in [0.1, 0.15) is 44.0 Å². The van der Waals surface area contributed by atoms with E-state index in [4.69, 9.17) is 9.84 Å². The molecule has 7 nitrogen and oxygen atoms in total. The van der Waals surface area contributed by atoms with Crippen molar-refractivity contribution in [1.82, 2.24) is 9.78 Å². The quantitative estimate of drug-likeness (QED) is 0.752. The number of hydrogen-bond donors (Lipinski definition) is 2. The molecule has 0 spiro atoms. The average Bonchev–Trinajstić information content (AvgIpc) is 3.03. The third-order valence-corrected chi connectivity index (χ3v) is 3.45. The Bertz CT molecular complexity index is 730. The van der Waals surface area contributed by atoms with Crippen LogP contribution in [0, 0.1) is 0 Å². The highest BCUT2D eigenvalue weighted by atomic mass is 16.5. The molecule has 134 valence electrons. The number of hydrogen-bond acceptors (Lipinski definition) is 4. The molecular weight excluding hydrogens is 322 g/mol. The van der Waals surface area contributed by atoms with Gasteiger partial charge in [0.1, 0.15) is 5.75 Å². The molecule has 0 aliphatic rings. The van der Waals surface area contributed by atoms with Crippen LogP contribution in [-0.4, -0.2) is 33.4 Å². The number of benzene rings is 1. The highest BCUT2D eigenvalue weighted by Gasteiger charge is 2.16. The number of aliphatic carboxylic acids is 1. The van der Waals surface area contributed by atoms with Gasteiger partial charge in [0, 0.05) is 18.3 Å². The first-order chi connectivity index (χ1) is 11.8. The molecule has 2 rings (SSSR count). The number of nitrogens with one attached hydrogen (secondary N) is 1. The SMILES string of the molecule is CC(C)(C)n1cc(C(=O)Nc2ccc(OCCCC(=O)O)cc2)cn1. The van der Waals surface area contributed by atoms with E-state index in [-0.39, 0.29) is 17.9 Å². The first-order valence-electron chi connectivity index (χ1n) is 8.07. The second kappa shape index (κ2) is 7.83. The number of nitrogens with zero attached hydrogens (tertiary/aromatic N) is 2. The van der Waals surface area contributed by atoms with Gasteiger partial charge in [0.05, 0.1) is 23.9 Å². The third kappa shape index (κ3) is 5.63. The summed E-state index contributed by atoms with van der Waals surface area (Å²) in [6.45, 7) is 6.37. The van der Waals surface area contributed by atoms with Gasteiger partial charge < -0.3 is 15.2 Å². The predicted octanol–water partition coefficient (Wildman–Crippen LogP) is 3.13. The van der Waals surface area contributed by atoms with Crippen molar-refractivity contribution in [3.63, 3.8) is 0 Å². The van der Waals surface area contributed by atoms with E-state index >= 15 is 0 Å². The zero-order valence-electron chi connectivity index (χ0n) is 14.7. The van der Waals surface area contributed by atoms with Gasteiger partial charge in [-0.15, -0.1) is 0 Å². The van der Waals surface area contributed by atoms with Crippen molar-refractivity contribution in [3.8, 4) is 5.75 Å². The Kier molecular flexibility index (Phi) is 5.80. The molecule has 1 heterocycles. The number of ether oxygens (including phenoxy) is 1. The van der Waals surface area contributed by atoms with Crippen LogP contribution in [0.15, 0.2) is 36.7 Å². The van der Waals surface area contributed by atoms with Crippen LogP contribution in [-0.2, 0) is 10.3 Å². The van der Waals surface area contributed by atoms with Gasteiger partial charge in [-0.2, -0.15) is 5.10 Å². The van der Waals surface area contributed by atoms with Crippen LogP contribution in [0.2, 0.25) is 0 Å². The third-order valence-electron chi connectivity index (χ3n) is 3.45. The molecule has 1 amide bonds. The van der Waals surface area contributed by atoms with E-state index < -0.39 is 5.97 Å². The number of anilines is 1. The fraction of sp³-hybridized carbons (Fsp3) is 0.389. The fourth-order valence-corrected chi connectivity index (χ4v) is 2.06. The van der Waals surface area contributed by atoms with Crippen molar-refractivity contribution in [3.05, 3.63) is 42.2 Å². The van der Waals surface area contributed by atoms with E-state index in [0.29, 0.717) is 30.0 Å². The Labute approximate surface area is 146 Å². The summed E-state index contributed by atoms with van der Waals surface area (Å²) in [6, 6.07) is 6.93. The van der Waals surface area contributed by atoms with Crippen molar-refractivity contribution >= 4 is 17.6 Å². The second-order valence-corrected chi connectivity index (χ2v) is 6.67. The molecule has 2 N–H and O–H groups in total. The Hall–Kier alpha value is -2.83. The molecule has 0 saturated heterocycles. The van der Waals surface area contributed by atoms with Crippen molar-refractivity contribution in [1.29, 1.82) is 0 Å². The lowest BCUT2D eigenvalue weighted by Gasteiger charge is -2.18. The molecule has 25 heavy (non-hydrogen) atoms. The lowest BCUT2D eigenvalue weighted by molar-refractivity contribution is -0.137. The molecule has 0 radical (unpaired) electrons. The number of carbonyl (C=O) groups is 2. The molecule has 0 atom stereocenters. The van der Waals surface area contributed by atoms with Crippen molar-refractivity contribution in [2.45, 2.75) is 39.2 Å². The first-order valence-corrected chi connectivity index (χ1v) is 8.07. The van der Waals surface area contributed by atoms with Gasteiger partial charge >= 0.3 is 5.97 Å². The molecule has 0 saturated carbocycles. The summed E-state index contributed by atoms with van der Waals surface area (Å²) in [7, 11) is 0. The maximum absolute atomic E-state index is 12.3. The highest BCUT2D eigenvalue weighted by molar-refractivity contribution is 6.03. The first kappa shape index (κ1) is 18.5. The number of carboxylic acids is 1. The number of carboxylic acid groups (broad SMARTS) is 1. The maximum Gasteiger partial charge on any atom is 0.303 e. The molecule has 1 aromatic heterocycles. The molecular formula is C18H23N3O4. The van der Waals surface area contributed by atoms with Gasteiger partial charge in [0.15, 0.2) is 0 Å². The second-order valence-electron chi connectivity index (χ2n) is 6.67. The Balaban J connectivity index is 1.89. The van der Waals surface area contributed by atoms with Gasteiger partial charge in [0.2, 0.25) is 0 Å². The van der Waals surface area contributed by atoms with Crippen LogP contribution >= 0.6 is 0 Å². The number of rotatable bonds is 7.